The van der Waals surface area contributed by atoms with Gasteiger partial charge in [-0.1, -0.05) is 0 Å². The van der Waals surface area contributed by atoms with Crippen molar-refractivity contribution in [2.75, 3.05) is 26.7 Å². The topological polar surface area (TPSA) is 81.5 Å². The molecule has 1 aromatic rings. The summed E-state index contributed by atoms with van der Waals surface area (Å²) in [5.74, 6) is -0.207. The molecule has 0 bridgehead atoms. The van der Waals surface area contributed by atoms with Crippen LogP contribution in [0.5, 0.6) is 0 Å². The van der Waals surface area contributed by atoms with Crippen LogP contribution >= 0.6 is 0 Å². The van der Waals surface area contributed by atoms with Crippen LogP contribution in [0.2, 0.25) is 0 Å². The molecule has 1 aliphatic rings. The second-order valence-corrected chi connectivity index (χ2v) is 7.03. The molecule has 1 aliphatic heterocycles. The first-order valence-corrected chi connectivity index (χ1v) is 8.05. The molecule has 1 aromatic carbocycles. The number of carbonyl (C=O) groups is 1. The summed E-state index contributed by atoms with van der Waals surface area (Å²) in [4.78, 5) is 13.5. The molecule has 0 radical (unpaired) electrons. The van der Waals surface area contributed by atoms with Gasteiger partial charge < -0.3 is 4.90 Å². The van der Waals surface area contributed by atoms with Gasteiger partial charge in [-0.3, -0.25) is 4.79 Å². The lowest BCUT2D eigenvalue weighted by atomic mass is 10.1. The lowest BCUT2D eigenvalue weighted by Crippen LogP contribution is -2.38. The number of aryl methyl sites for hydroxylation is 1. The van der Waals surface area contributed by atoms with E-state index in [0.717, 1.165) is 0 Å². The monoisotopic (exact) mass is 307 g/mol. The summed E-state index contributed by atoms with van der Waals surface area (Å²) in [5, 5.41) is 8.90. The van der Waals surface area contributed by atoms with Crippen LogP contribution in [0.25, 0.3) is 0 Å². The molecule has 0 spiro atoms. The maximum Gasteiger partial charge on any atom is 0.243 e. The number of hydrogen-bond donors (Lipinski definition) is 0. The normalized spacial score (nSPS) is 17.4. The van der Waals surface area contributed by atoms with Gasteiger partial charge in [0.15, 0.2) is 0 Å². The Balaban J connectivity index is 2.35. The van der Waals surface area contributed by atoms with E-state index < -0.39 is 10.0 Å². The zero-order valence-electron chi connectivity index (χ0n) is 12.0. The Morgan fingerprint density at radius 1 is 1.29 bits per heavy atom. The lowest BCUT2D eigenvalue weighted by Gasteiger charge is -2.19. The quantitative estimate of drug-likeness (QED) is 0.806. The van der Waals surface area contributed by atoms with Crippen molar-refractivity contribution in [2.45, 2.75) is 18.2 Å². The first kappa shape index (κ1) is 15.5. The molecule has 0 unspecified atom stereocenters. The third-order valence-corrected chi connectivity index (χ3v) is 5.44. The zero-order chi connectivity index (χ0) is 15.6. The van der Waals surface area contributed by atoms with Gasteiger partial charge in [0.25, 0.3) is 0 Å². The first-order chi connectivity index (χ1) is 9.86. The van der Waals surface area contributed by atoms with E-state index in [9.17, 15) is 13.2 Å². The maximum atomic E-state index is 12.6. The summed E-state index contributed by atoms with van der Waals surface area (Å²) in [6.45, 7) is 2.42. The van der Waals surface area contributed by atoms with Crippen LogP contribution in [0.3, 0.4) is 0 Å². The molecule has 2 rings (SSSR count). The molecule has 1 fully saturated rings. The van der Waals surface area contributed by atoms with Crippen molar-refractivity contribution in [1.82, 2.24) is 9.21 Å². The molecule has 0 aromatic heterocycles. The summed E-state index contributed by atoms with van der Waals surface area (Å²) < 4.78 is 26.4. The van der Waals surface area contributed by atoms with Crippen molar-refractivity contribution >= 4 is 15.9 Å². The Kier molecular flexibility index (Phi) is 4.30. The highest BCUT2D eigenvalue weighted by Crippen LogP contribution is 2.20. The smallest absolute Gasteiger partial charge is 0.243 e. The van der Waals surface area contributed by atoms with Crippen molar-refractivity contribution < 1.29 is 13.2 Å². The number of carbonyl (C=O) groups excluding carboxylic acids is 1. The fraction of sp³-hybridized carbons (Fsp3) is 0.429. The number of nitriles is 1. The fourth-order valence-corrected chi connectivity index (χ4v) is 3.75. The van der Waals surface area contributed by atoms with Crippen molar-refractivity contribution in [2.24, 2.45) is 0 Å². The summed E-state index contributed by atoms with van der Waals surface area (Å²) in [6.07, 6.45) is 0.608. The standard InChI is InChI=1S/C14H17N3O3S/c1-11-8-13(5-4-12(11)9-15)21(19,20)17-7-3-6-16(2)14(18)10-17/h4-5,8H,3,6-7,10H2,1-2H3. The summed E-state index contributed by atoms with van der Waals surface area (Å²) >= 11 is 0. The van der Waals surface area contributed by atoms with Gasteiger partial charge in [-0.15, -0.1) is 0 Å². The van der Waals surface area contributed by atoms with Gasteiger partial charge in [0, 0.05) is 20.1 Å². The number of likely N-dealkylation sites (N-methyl/N-ethyl adjacent to an activating group) is 1. The van der Waals surface area contributed by atoms with Crippen molar-refractivity contribution in [3.63, 3.8) is 0 Å². The number of nitrogens with zero attached hydrogens (tertiary/aromatic N) is 3. The molecule has 0 saturated carbocycles. The van der Waals surface area contributed by atoms with Crippen molar-refractivity contribution in [1.29, 1.82) is 5.26 Å². The Hall–Kier alpha value is -1.91. The van der Waals surface area contributed by atoms with Gasteiger partial charge in [0.1, 0.15) is 0 Å². The highest BCUT2D eigenvalue weighted by Gasteiger charge is 2.29. The van der Waals surface area contributed by atoms with Gasteiger partial charge in [-0.05, 0) is 37.1 Å². The highest BCUT2D eigenvalue weighted by molar-refractivity contribution is 7.89. The largest absolute Gasteiger partial charge is 0.345 e. The highest BCUT2D eigenvalue weighted by atomic mass is 32.2. The van der Waals surface area contributed by atoms with Crippen LogP contribution in [0.1, 0.15) is 17.5 Å². The lowest BCUT2D eigenvalue weighted by molar-refractivity contribution is -0.129. The third-order valence-electron chi connectivity index (χ3n) is 3.59. The molecule has 1 saturated heterocycles. The van der Waals surface area contributed by atoms with E-state index in [1.165, 1.54) is 22.5 Å². The Labute approximate surface area is 124 Å². The first-order valence-electron chi connectivity index (χ1n) is 6.61. The predicted octanol–water partition coefficient (Wildman–Crippen LogP) is 0.719. The van der Waals surface area contributed by atoms with Gasteiger partial charge in [-0.25, -0.2) is 8.42 Å². The van der Waals surface area contributed by atoms with E-state index >= 15 is 0 Å². The van der Waals surface area contributed by atoms with Crippen LogP contribution in [-0.2, 0) is 14.8 Å². The van der Waals surface area contributed by atoms with E-state index in [4.69, 9.17) is 5.26 Å². The van der Waals surface area contributed by atoms with Crippen LogP contribution in [0.4, 0.5) is 0 Å². The Bertz CT molecular complexity index is 707. The molecule has 6 nitrogen and oxygen atoms in total. The summed E-state index contributed by atoms with van der Waals surface area (Å²) in [7, 11) is -2.04. The van der Waals surface area contributed by atoms with E-state index in [-0.39, 0.29) is 17.3 Å². The third kappa shape index (κ3) is 3.06. The number of rotatable bonds is 2. The Morgan fingerprint density at radius 2 is 2.00 bits per heavy atom. The molecule has 0 N–H and O–H groups in total. The Morgan fingerprint density at radius 3 is 2.62 bits per heavy atom. The number of benzene rings is 1. The van der Waals surface area contributed by atoms with Crippen molar-refractivity contribution in [3.8, 4) is 6.07 Å². The predicted molar refractivity (Wildman–Crippen MR) is 76.9 cm³/mol. The number of amides is 1. The number of sulfonamides is 1. The van der Waals surface area contributed by atoms with Crippen LogP contribution in [0.15, 0.2) is 23.1 Å². The molecule has 0 atom stereocenters. The van der Waals surface area contributed by atoms with Gasteiger partial charge >= 0.3 is 0 Å². The number of hydrogen-bond acceptors (Lipinski definition) is 4. The van der Waals surface area contributed by atoms with Crippen LogP contribution in [0, 0.1) is 18.3 Å². The minimum atomic E-state index is -3.71. The molecule has 21 heavy (non-hydrogen) atoms. The van der Waals surface area contributed by atoms with Crippen molar-refractivity contribution in [3.05, 3.63) is 29.3 Å². The molecular weight excluding hydrogens is 290 g/mol. The van der Waals surface area contributed by atoms with Gasteiger partial charge in [0.05, 0.1) is 23.1 Å². The average Bonchev–Trinajstić information content (AvgIpc) is 2.61. The minimum Gasteiger partial charge on any atom is -0.345 e. The second-order valence-electron chi connectivity index (χ2n) is 5.10. The van der Waals surface area contributed by atoms with Gasteiger partial charge in [0.2, 0.25) is 15.9 Å². The fourth-order valence-electron chi connectivity index (χ4n) is 2.24. The van der Waals surface area contributed by atoms with Crippen LogP contribution < -0.4 is 0 Å². The molecule has 1 heterocycles. The maximum absolute atomic E-state index is 12.6. The summed E-state index contributed by atoms with van der Waals surface area (Å²) in [6, 6.07) is 6.40. The van der Waals surface area contributed by atoms with Gasteiger partial charge in [-0.2, -0.15) is 9.57 Å². The van der Waals surface area contributed by atoms with E-state index in [2.05, 4.69) is 0 Å². The summed E-state index contributed by atoms with van der Waals surface area (Å²) in [5.41, 5.74) is 1.05. The van der Waals surface area contributed by atoms with E-state index in [1.807, 2.05) is 6.07 Å². The van der Waals surface area contributed by atoms with E-state index in [0.29, 0.717) is 30.6 Å². The van der Waals surface area contributed by atoms with E-state index in [1.54, 1.807) is 18.9 Å². The minimum absolute atomic E-state index is 0.122. The molecule has 0 aliphatic carbocycles. The molecule has 112 valence electrons. The zero-order valence-corrected chi connectivity index (χ0v) is 12.9. The average molecular weight is 307 g/mol. The van der Waals surface area contributed by atoms with Crippen LogP contribution in [-0.4, -0.2) is 50.2 Å². The SMILES string of the molecule is Cc1cc(S(=O)(=O)N2CCCN(C)C(=O)C2)ccc1C#N. The second kappa shape index (κ2) is 5.84. The molecular formula is C14H17N3O3S. The molecule has 1 amide bonds. The molecule has 7 heteroatoms.